The molecule has 10 nitrogen and oxygen atoms in total. The number of nitrogen functional groups attached to an aromatic ring is 1. The molecule has 0 bridgehead atoms. The van der Waals surface area contributed by atoms with E-state index in [1.807, 2.05) is 20.8 Å². The van der Waals surface area contributed by atoms with E-state index >= 15 is 0 Å². The molecule has 2 aromatic heterocycles. The first-order chi connectivity index (χ1) is 11.6. The number of aliphatic hydroxyl groups is 3. The first kappa shape index (κ1) is 17.8. The van der Waals surface area contributed by atoms with Gasteiger partial charge in [0.25, 0.3) is 5.56 Å². The molecule has 0 radical (unpaired) electrons. The molecule has 0 saturated carbocycles. The minimum absolute atomic E-state index is 0.0752. The molecule has 0 spiro atoms. The summed E-state index contributed by atoms with van der Waals surface area (Å²) in [6, 6.07) is 0. The van der Waals surface area contributed by atoms with Gasteiger partial charge in [-0.2, -0.15) is 4.98 Å². The van der Waals surface area contributed by atoms with Gasteiger partial charge in [0, 0.05) is 6.42 Å². The summed E-state index contributed by atoms with van der Waals surface area (Å²) in [4.78, 5) is 23.0. The Kier molecular flexibility index (Phi) is 4.31. The summed E-state index contributed by atoms with van der Waals surface area (Å²) in [7, 11) is 0. The Labute approximate surface area is 143 Å². The molecule has 3 heterocycles. The molecule has 0 aromatic carbocycles. The highest BCUT2D eigenvalue weighted by Gasteiger charge is 2.45. The number of fused-ring (bicyclic) bond motifs is 1. The van der Waals surface area contributed by atoms with Crippen LogP contribution in [0.1, 0.15) is 32.8 Å². The van der Waals surface area contributed by atoms with Crippen LogP contribution >= 0.6 is 0 Å². The zero-order valence-electron chi connectivity index (χ0n) is 14.3. The Hall–Kier alpha value is -2.01. The van der Waals surface area contributed by atoms with Crippen molar-refractivity contribution in [1.29, 1.82) is 0 Å². The summed E-state index contributed by atoms with van der Waals surface area (Å²) in [5.74, 6) is 0.383. The molecule has 1 saturated heterocycles. The highest BCUT2D eigenvalue weighted by Crippen LogP contribution is 2.34. The van der Waals surface area contributed by atoms with Crippen molar-refractivity contribution >= 4 is 17.1 Å². The summed E-state index contributed by atoms with van der Waals surface area (Å²) < 4.78 is 7.08. The summed E-state index contributed by atoms with van der Waals surface area (Å²) in [6.07, 6.45) is -4.10. The zero-order chi connectivity index (χ0) is 18.5. The van der Waals surface area contributed by atoms with Crippen LogP contribution in [-0.4, -0.2) is 59.8 Å². The highest BCUT2D eigenvalue weighted by molar-refractivity contribution is 5.71. The third-order valence-electron chi connectivity index (χ3n) is 4.10. The molecular weight excluding hydrogens is 330 g/mol. The van der Waals surface area contributed by atoms with E-state index in [1.165, 1.54) is 4.57 Å². The van der Waals surface area contributed by atoms with Crippen LogP contribution in [0.25, 0.3) is 11.2 Å². The van der Waals surface area contributed by atoms with E-state index in [2.05, 4.69) is 15.0 Å². The molecule has 10 heteroatoms. The van der Waals surface area contributed by atoms with Gasteiger partial charge < -0.3 is 25.8 Å². The van der Waals surface area contributed by atoms with Crippen molar-refractivity contribution in [3.05, 3.63) is 16.2 Å². The SMILES string of the molecule is CC(C)(C)Cc1nc2c(=O)[nH]c(N)nc2n1[C@@H]1O[C@H](CO)[C@@H](O)[C@H]1O. The fourth-order valence-corrected chi connectivity index (χ4v) is 3.01. The van der Waals surface area contributed by atoms with Crippen molar-refractivity contribution in [2.24, 2.45) is 5.41 Å². The van der Waals surface area contributed by atoms with E-state index in [4.69, 9.17) is 10.5 Å². The van der Waals surface area contributed by atoms with Gasteiger partial charge in [0.1, 0.15) is 24.1 Å². The van der Waals surface area contributed by atoms with E-state index in [0.29, 0.717) is 12.2 Å². The maximum atomic E-state index is 12.2. The molecule has 6 N–H and O–H groups in total. The molecular formula is C15H23N5O5. The monoisotopic (exact) mass is 353 g/mol. The number of aromatic amines is 1. The normalized spacial score (nSPS) is 27.3. The first-order valence-electron chi connectivity index (χ1n) is 8.01. The molecule has 1 aliphatic heterocycles. The minimum atomic E-state index is -1.31. The quantitative estimate of drug-likeness (QED) is 0.465. The van der Waals surface area contributed by atoms with Crippen molar-refractivity contribution in [1.82, 2.24) is 19.5 Å². The second-order valence-electron chi connectivity index (χ2n) is 7.49. The van der Waals surface area contributed by atoms with Crippen LogP contribution in [-0.2, 0) is 11.2 Å². The number of nitrogens with zero attached hydrogens (tertiary/aromatic N) is 3. The standard InChI is InChI=1S/C15H23N5O5/c1-15(2,3)4-7-17-8-11(18-14(16)19-12(8)24)20(7)13-10(23)9(22)6(5-21)25-13/h6,9-10,13,21-23H,4-5H2,1-3H3,(H3,16,18,19,24)/t6-,9-,10-,13-/m1/s1. The molecule has 4 atom stereocenters. The van der Waals surface area contributed by atoms with Crippen molar-refractivity contribution in [3.8, 4) is 0 Å². The number of nitrogens with one attached hydrogen (secondary N) is 1. The lowest BCUT2D eigenvalue weighted by Gasteiger charge is -2.23. The van der Waals surface area contributed by atoms with Crippen molar-refractivity contribution < 1.29 is 20.1 Å². The Morgan fingerprint density at radius 3 is 2.52 bits per heavy atom. The van der Waals surface area contributed by atoms with Crippen LogP contribution in [0.5, 0.6) is 0 Å². The molecule has 0 aliphatic carbocycles. The Bertz CT molecular complexity index is 839. The van der Waals surface area contributed by atoms with Gasteiger partial charge in [0.2, 0.25) is 5.95 Å². The third-order valence-corrected chi connectivity index (χ3v) is 4.10. The number of hydrogen-bond donors (Lipinski definition) is 5. The molecule has 1 aliphatic rings. The van der Waals surface area contributed by atoms with Gasteiger partial charge >= 0.3 is 0 Å². The Morgan fingerprint density at radius 1 is 1.28 bits per heavy atom. The van der Waals surface area contributed by atoms with Gasteiger partial charge in [-0.15, -0.1) is 0 Å². The summed E-state index contributed by atoms with van der Waals surface area (Å²) in [5.41, 5.74) is 5.21. The van der Waals surface area contributed by atoms with Crippen LogP contribution in [0.4, 0.5) is 5.95 Å². The predicted molar refractivity (Wildman–Crippen MR) is 88.7 cm³/mol. The lowest BCUT2D eigenvalue weighted by Crippen LogP contribution is -2.33. The van der Waals surface area contributed by atoms with E-state index in [0.717, 1.165) is 0 Å². The van der Waals surface area contributed by atoms with Gasteiger partial charge in [0.15, 0.2) is 17.4 Å². The van der Waals surface area contributed by atoms with Crippen molar-refractivity contribution in [2.75, 3.05) is 12.3 Å². The maximum Gasteiger partial charge on any atom is 0.280 e. The molecule has 138 valence electrons. The number of anilines is 1. The molecule has 1 fully saturated rings. The molecule has 25 heavy (non-hydrogen) atoms. The van der Waals surface area contributed by atoms with Gasteiger partial charge in [0.05, 0.1) is 6.61 Å². The van der Waals surface area contributed by atoms with E-state index in [9.17, 15) is 20.1 Å². The molecule has 3 rings (SSSR count). The smallest absolute Gasteiger partial charge is 0.280 e. The van der Waals surface area contributed by atoms with Crippen LogP contribution in [0.3, 0.4) is 0 Å². The molecule has 0 amide bonds. The van der Waals surface area contributed by atoms with Crippen LogP contribution in [0.15, 0.2) is 4.79 Å². The second-order valence-corrected chi connectivity index (χ2v) is 7.49. The average molecular weight is 353 g/mol. The number of aromatic nitrogens is 4. The van der Waals surface area contributed by atoms with Gasteiger partial charge in [-0.25, -0.2) is 4.98 Å². The second kappa shape index (κ2) is 6.06. The topological polar surface area (TPSA) is 160 Å². The Morgan fingerprint density at radius 2 is 1.96 bits per heavy atom. The number of aliphatic hydroxyl groups excluding tert-OH is 3. The lowest BCUT2D eigenvalue weighted by molar-refractivity contribution is -0.0526. The number of rotatable bonds is 3. The fraction of sp³-hybridized carbons (Fsp3) is 0.667. The van der Waals surface area contributed by atoms with Gasteiger partial charge in [-0.1, -0.05) is 20.8 Å². The average Bonchev–Trinajstić information content (AvgIpc) is 2.96. The summed E-state index contributed by atoms with van der Waals surface area (Å²) in [6.45, 7) is 5.55. The maximum absolute atomic E-state index is 12.2. The number of ether oxygens (including phenoxy) is 1. The summed E-state index contributed by atoms with van der Waals surface area (Å²) in [5, 5.41) is 29.7. The number of hydrogen-bond acceptors (Lipinski definition) is 8. The summed E-state index contributed by atoms with van der Waals surface area (Å²) >= 11 is 0. The van der Waals surface area contributed by atoms with Crippen LogP contribution in [0, 0.1) is 5.41 Å². The van der Waals surface area contributed by atoms with E-state index < -0.39 is 36.7 Å². The van der Waals surface area contributed by atoms with Crippen LogP contribution < -0.4 is 11.3 Å². The van der Waals surface area contributed by atoms with E-state index in [1.54, 1.807) is 0 Å². The van der Waals surface area contributed by atoms with Gasteiger partial charge in [-0.3, -0.25) is 14.3 Å². The van der Waals surface area contributed by atoms with Crippen LogP contribution in [0.2, 0.25) is 0 Å². The Balaban J connectivity index is 2.21. The number of imidazole rings is 1. The first-order valence-corrected chi connectivity index (χ1v) is 8.01. The van der Waals surface area contributed by atoms with Gasteiger partial charge in [-0.05, 0) is 5.41 Å². The lowest BCUT2D eigenvalue weighted by atomic mass is 9.92. The highest BCUT2D eigenvalue weighted by atomic mass is 16.6. The number of nitrogens with two attached hydrogens (primary N) is 1. The number of H-pyrrole nitrogens is 1. The minimum Gasteiger partial charge on any atom is -0.394 e. The fourth-order valence-electron chi connectivity index (χ4n) is 3.01. The van der Waals surface area contributed by atoms with E-state index in [-0.39, 0.29) is 22.5 Å². The molecule has 0 unspecified atom stereocenters. The zero-order valence-corrected chi connectivity index (χ0v) is 14.3. The molecule has 2 aromatic rings. The van der Waals surface area contributed by atoms with Crippen molar-refractivity contribution in [2.45, 2.75) is 51.7 Å². The predicted octanol–water partition coefficient (Wildman–Crippen LogP) is -1.10. The third kappa shape index (κ3) is 3.13. The largest absolute Gasteiger partial charge is 0.394 e. The van der Waals surface area contributed by atoms with Crippen molar-refractivity contribution in [3.63, 3.8) is 0 Å².